The fourth-order valence-corrected chi connectivity index (χ4v) is 3.25. The Labute approximate surface area is 194 Å². The van der Waals surface area contributed by atoms with Crippen LogP contribution in [0.4, 0.5) is 5.69 Å². The number of nitro groups is 1. The fourth-order valence-electron chi connectivity index (χ4n) is 2.97. The third-order valence-electron chi connectivity index (χ3n) is 4.66. The zero-order valence-electron chi connectivity index (χ0n) is 17.3. The van der Waals surface area contributed by atoms with Crippen LogP contribution in [0.25, 0.3) is 11.6 Å². The maximum Gasteiger partial charge on any atom is 0.335 e. The van der Waals surface area contributed by atoms with Gasteiger partial charge in [-0.05, 0) is 59.2 Å². The number of hydrogen-bond donors (Lipinski definition) is 1. The minimum absolute atomic E-state index is 0.0696. The lowest BCUT2D eigenvalue weighted by Gasteiger charge is -2.14. The van der Waals surface area contributed by atoms with Crippen LogP contribution in [0.5, 0.6) is 11.5 Å². The number of ether oxygens (including phenoxy) is 2. The van der Waals surface area contributed by atoms with Crippen molar-refractivity contribution in [1.82, 2.24) is 0 Å². The summed E-state index contributed by atoms with van der Waals surface area (Å²) in [7, 11) is 1.45. The van der Waals surface area contributed by atoms with Crippen molar-refractivity contribution in [2.75, 3.05) is 7.11 Å². The first kappa shape index (κ1) is 23.3. The highest BCUT2D eigenvalue weighted by Gasteiger charge is 2.14. The number of nitrogens with zero attached hydrogens (tertiary/aromatic N) is 2. The lowest BCUT2D eigenvalue weighted by Crippen LogP contribution is -2.00. The second-order valence-electron chi connectivity index (χ2n) is 6.80. The monoisotopic (exact) mass is 464 g/mol. The zero-order valence-corrected chi connectivity index (χ0v) is 18.1. The van der Waals surface area contributed by atoms with Crippen molar-refractivity contribution in [2.45, 2.75) is 6.61 Å². The molecular weight excluding hydrogens is 448 g/mol. The lowest BCUT2D eigenvalue weighted by molar-refractivity contribution is -0.384. The summed E-state index contributed by atoms with van der Waals surface area (Å²) in [5, 5.41) is 29.6. The van der Waals surface area contributed by atoms with Gasteiger partial charge in [-0.1, -0.05) is 23.7 Å². The molecule has 3 rings (SSSR count). The number of carboxylic acids is 1. The van der Waals surface area contributed by atoms with Gasteiger partial charge in [0.15, 0.2) is 11.5 Å². The second kappa shape index (κ2) is 10.3. The van der Waals surface area contributed by atoms with E-state index in [1.54, 1.807) is 30.3 Å². The van der Waals surface area contributed by atoms with E-state index >= 15 is 0 Å². The molecule has 8 nitrogen and oxygen atoms in total. The standard InChI is InChI=1S/C24H17ClN2O6/c1-32-22-12-16(10-19(13-26)17-6-8-20(9-7-17)27(30)31)11-21(25)23(22)33-14-15-2-4-18(5-3-15)24(28)29/h2-12H,14H2,1H3,(H,28,29)/b19-10+. The number of halogens is 1. The average molecular weight is 465 g/mol. The molecule has 0 saturated carbocycles. The number of nitro benzene ring substituents is 1. The van der Waals surface area contributed by atoms with Crippen molar-refractivity contribution in [3.8, 4) is 17.6 Å². The number of methoxy groups -OCH3 is 1. The number of aromatic carboxylic acids is 1. The first-order chi connectivity index (χ1) is 15.8. The van der Waals surface area contributed by atoms with Crippen LogP contribution in [0.2, 0.25) is 5.02 Å². The minimum atomic E-state index is -1.01. The van der Waals surface area contributed by atoms with Crippen molar-refractivity contribution < 1.29 is 24.3 Å². The van der Waals surface area contributed by atoms with Crippen molar-refractivity contribution in [1.29, 1.82) is 5.26 Å². The van der Waals surface area contributed by atoms with Gasteiger partial charge >= 0.3 is 5.97 Å². The molecular formula is C24H17ClN2O6. The third-order valence-corrected chi connectivity index (χ3v) is 4.94. The topological polar surface area (TPSA) is 123 Å². The van der Waals surface area contributed by atoms with Crippen LogP contribution in [0, 0.1) is 21.4 Å². The molecule has 0 atom stereocenters. The summed E-state index contributed by atoms with van der Waals surface area (Å²) >= 11 is 6.40. The largest absolute Gasteiger partial charge is 0.493 e. The van der Waals surface area contributed by atoms with Crippen molar-refractivity contribution in [3.05, 3.63) is 98.1 Å². The minimum Gasteiger partial charge on any atom is -0.493 e. The van der Waals surface area contributed by atoms with Crippen molar-refractivity contribution >= 4 is 34.9 Å². The number of allylic oxidation sites excluding steroid dienone is 1. The SMILES string of the molecule is COc1cc(/C=C(\C#N)c2ccc([N+](=O)[O-])cc2)cc(Cl)c1OCc1ccc(C(=O)O)cc1. The Bertz CT molecular complexity index is 1260. The zero-order chi connectivity index (χ0) is 24.0. The Morgan fingerprint density at radius 1 is 1.15 bits per heavy atom. The van der Waals surface area contributed by atoms with E-state index in [-0.39, 0.29) is 28.5 Å². The number of carbonyl (C=O) groups is 1. The van der Waals surface area contributed by atoms with Gasteiger partial charge in [0.25, 0.3) is 5.69 Å². The third kappa shape index (κ3) is 5.67. The van der Waals surface area contributed by atoms with Crippen LogP contribution in [0.1, 0.15) is 27.0 Å². The summed E-state index contributed by atoms with van der Waals surface area (Å²) in [6.45, 7) is 0.136. The number of non-ortho nitro benzene ring substituents is 1. The van der Waals surface area contributed by atoms with E-state index in [2.05, 4.69) is 6.07 Å². The fraction of sp³-hybridized carbons (Fsp3) is 0.0833. The molecule has 0 saturated heterocycles. The van der Waals surface area contributed by atoms with Crippen LogP contribution >= 0.6 is 11.6 Å². The summed E-state index contributed by atoms with van der Waals surface area (Å²) in [6, 6.07) is 17.2. The number of carboxylic acid groups (broad SMARTS) is 1. The van der Waals surface area contributed by atoms with E-state index in [1.165, 1.54) is 43.5 Å². The molecule has 33 heavy (non-hydrogen) atoms. The molecule has 166 valence electrons. The van der Waals surface area contributed by atoms with E-state index in [4.69, 9.17) is 26.2 Å². The molecule has 3 aromatic carbocycles. The number of benzene rings is 3. The molecule has 3 aromatic rings. The van der Waals surface area contributed by atoms with E-state index in [0.717, 1.165) is 5.56 Å². The van der Waals surface area contributed by atoms with Crippen LogP contribution in [-0.4, -0.2) is 23.1 Å². The molecule has 0 unspecified atom stereocenters. The van der Waals surface area contributed by atoms with Crippen LogP contribution in [0.3, 0.4) is 0 Å². The van der Waals surface area contributed by atoms with Gasteiger partial charge in [0, 0.05) is 12.1 Å². The van der Waals surface area contributed by atoms with Gasteiger partial charge < -0.3 is 14.6 Å². The van der Waals surface area contributed by atoms with E-state index in [9.17, 15) is 20.2 Å². The van der Waals surface area contributed by atoms with Gasteiger partial charge in [0.2, 0.25) is 0 Å². The molecule has 0 amide bonds. The predicted octanol–water partition coefficient (Wildman–Crippen LogP) is 5.60. The normalized spacial score (nSPS) is 10.9. The number of nitriles is 1. The average Bonchev–Trinajstić information content (AvgIpc) is 2.81. The van der Waals surface area contributed by atoms with Crippen molar-refractivity contribution in [3.63, 3.8) is 0 Å². The Kier molecular flexibility index (Phi) is 7.28. The molecule has 0 aliphatic carbocycles. The number of rotatable bonds is 8. The molecule has 0 aliphatic heterocycles. The van der Waals surface area contributed by atoms with Crippen molar-refractivity contribution in [2.24, 2.45) is 0 Å². The Morgan fingerprint density at radius 2 is 1.79 bits per heavy atom. The highest BCUT2D eigenvalue weighted by atomic mass is 35.5. The van der Waals surface area contributed by atoms with Gasteiger partial charge in [-0.2, -0.15) is 5.26 Å². The molecule has 0 aliphatic rings. The van der Waals surface area contributed by atoms with Crippen LogP contribution in [-0.2, 0) is 6.61 Å². The number of hydrogen-bond acceptors (Lipinski definition) is 6. The highest BCUT2D eigenvalue weighted by Crippen LogP contribution is 2.38. The van der Waals surface area contributed by atoms with Crippen LogP contribution < -0.4 is 9.47 Å². The smallest absolute Gasteiger partial charge is 0.335 e. The summed E-state index contributed by atoms with van der Waals surface area (Å²) in [5.41, 5.74) is 2.22. The van der Waals surface area contributed by atoms with Gasteiger partial charge in [0.1, 0.15) is 6.61 Å². The summed E-state index contributed by atoms with van der Waals surface area (Å²) in [6.07, 6.45) is 1.59. The molecule has 1 N–H and O–H groups in total. The maximum atomic E-state index is 11.0. The van der Waals surface area contributed by atoms with Gasteiger partial charge in [-0.25, -0.2) is 4.79 Å². The van der Waals surface area contributed by atoms with E-state index in [1.807, 2.05) is 0 Å². The first-order valence-corrected chi connectivity index (χ1v) is 9.89. The van der Waals surface area contributed by atoms with Crippen LogP contribution in [0.15, 0.2) is 60.7 Å². The summed E-state index contributed by atoms with van der Waals surface area (Å²) < 4.78 is 11.2. The first-order valence-electron chi connectivity index (χ1n) is 9.51. The van der Waals surface area contributed by atoms with Gasteiger partial charge in [0.05, 0.1) is 34.3 Å². The Hall–Kier alpha value is -4.35. The Morgan fingerprint density at radius 3 is 2.33 bits per heavy atom. The van der Waals surface area contributed by atoms with E-state index < -0.39 is 10.9 Å². The molecule has 0 spiro atoms. The quantitative estimate of drug-likeness (QED) is 0.199. The van der Waals surface area contributed by atoms with Gasteiger partial charge in [-0.15, -0.1) is 0 Å². The summed E-state index contributed by atoms with van der Waals surface area (Å²) in [5.74, 6) is -0.370. The molecule has 0 radical (unpaired) electrons. The van der Waals surface area contributed by atoms with E-state index in [0.29, 0.717) is 22.6 Å². The molecule has 0 fully saturated rings. The molecule has 0 heterocycles. The second-order valence-corrected chi connectivity index (χ2v) is 7.21. The highest BCUT2D eigenvalue weighted by molar-refractivity contribution is 6.32. The maximum absolute atomic E-state index is 11.0. The lowest BCUT2D eigenvalue weighted by atomic mass is 10.0. The summed E-state index contributed by atoms with van der Waals surface area (Å²) in [4.78, 5) is 21.3. The predicted molar refractivity (Wildman–Crippen MR) is 122 cm³/mol. The molecule has 0 aromatic heterocycles. The Balaban J connectivity index is 1.84. The molecule has 9 heteroatoms. The molecule has 0 bridgehead atoms. The van der Waals surface area contributed by atoms with Gasteiger partial charge in [-0.3, -0.25) is 10.1 Å².